The number of hydrogen-bond donors (Lipinski definition) is 1. The lowest BCUT2D eigenvalue weighted by Gasteiger charge is -2.11. The maximum absolute atomic E-state index is 12.5. The number of nitrogens with zero attached hydrogens (tertiary/aromatic N) is 5. The zero-order valence-electron chi connectivity index (χ0n) is 18.2. The fourth-order valence-electron chi connectivity index (χ4n) is 3.09. The first-order chi connectivity index (χ1) is 15.2. The molecule has 2 heterocycles. The molecule has 3 rings (SSSR count). The van der Waals surface area contributed by atoms with Gasteiger partial charge in [-0.3, -0.25) is 4.79 Å². The average Bonchev–Trinajstić information content (AvgIpc) is 3.35. The molecule has 0 bridgehead atoms. The molecule has 0 radical (unpaired) electrons. The van der Waals surface area contributed by atoms with Gasteiger partial charge in [-0.2, -0.15) is 0 Å². The van der Waals surface area contributed by atoms with Gasteiger partial charge in [0.05, 0.1) is 22.5 Å². The third-order valence-electron chi connectivity index (χ3n) is 4.68. The van der Waals surface area contributed by atoms with E-state index >= 15 is 0 Å². The van der Waals surface area contributed by atoms with E-state index in [9.17, 15) is 18.0 Å². The molecule has 0 aliphatic carbocycles. The van der Waals surface area contributed by atoms with Gasteiger partial charge in [0, 0.05) is 45.0 Å². The first-order valence-corrected chi connectivity index (χ1v) is 12.1. The van der Waals surface area contributed by atoms with Crippen LogP contribution in [0.2, 0.25) is 0 Å². The number of carbonyl (C=O) groups is 2. The highest BCUT2D eigenvalue weighted by atomic mass is 32.2. The highest BCUT2D eigenvalue weighted by Gasteiger charge is 2.21. The van der Waals surface area contributed by atoms with Crippen molar-refractivity contribution in [3.63, 3.8) is 0 Å². The van der Waals surface area contributed by atoms with Crippen molar-refractivity contribution in [2.75, 3.05) is 26.0 Å². The van der Waals surface area contributed by atoms with Crippen LogP contribution in [-0.2, 0) is 32.5 Å². The summed E-state index contributed by atoms with van der Waals surface area (Å²) in [5.41, 5.74) is 1.30. The van der Waals surface area contributed by atoms with E-state index in [0.717, 1.165) is 21.4 Å². The van der Waals surface area contributed by atoms with Crippen LogP contribution in [0.15, 0.2) is 23.1 Å². The normalized spacial score (nSPS) is 11.8. The average molecular weight is 481 g/mol. The Kier molecular flexibility index (Phi) is 7.21. The Morgan fingerprint density at radius 3 is 2.66 bits per heavy atom. The summed E-state index contributed by atoms with van der Waals surface area (Å²) in [6.07, 6.45) is 0.428. The molecule has 1 amide bonds. The Morgan fingerprint density at radius 2 is 2.00 bits per heavy atom. The molecule has 0 aliphatic heterocycles. The van der Waals surface area contributed by atoms with Gasteiger partial charge < -0.3 is 14.6 Å². The molecule has 0 spiro atoms. The van der Waals surface area contributed by atoms with Crippen LogP contribution in [0.3, 0.4) is 0 Å². The Hall–Kier alpha value is -2.90. The Labute approximate surface area is 189 Å². The Bertz CT molecular complexity index is 1250. The zero-order chi connectivity index (χ0) is 23.5. The summed E-state index contributed by atoms with van der Waals surface area (Å²) in [5, 5.41) is 6.59. The molecular weight excluding hydrogens is 456 g/mol. The number of esters is 1. The number of imidazole rings is 1. The summed E-state index contributed by atoms with van der Waals surface area (Å²) in [6.45, 7) is 4.42. The molecule has 2 aromatic heterocycles. The van der Waals surface area contributed by atoms with E-state index < -0.39 is 16.0 Å². The van der Waals surface area contributed by atoms with Gasteiger partial charge in [-0.05, 0) is 32.0 Å². The number of aryl methyl sites for hydroxylation is 2. The van der Waals surface area contributed by atoms with E-state index in [-0.39, 0.29) is 34.5 Å². The number of anilines is 1. The monoisotopic (exact) mass is 480 g/mol. The lowest BCUT2D eigenvalue weighted by molar-refractivity contribution is -0.116. The van der Waals surface area contributed by atoms with Gasteiger partial charge >= 0.3 is 5.97 Å². The molecule has 32 heavy (non-hydrogen) atoms. The van der Waals surface area contributed by atoms with Gasteiger partial charge in [0.2, 0.25) is 21.6 Å². The van der Waals surface area contributed by atoms with Crippen LogP contribution in [-0.4, -0.2) is 64.4 Å². The fraction of sp³-hybridized carbons (Fsp3) is 0.421. The van der Waals surface area contributed by atoms with Crippen molar-refractivity contribution in [2.24, 2.45) is 0 Å². The second kappa shape index (κ2) is 9.71. The van der Waals surface area contributed by atoms with Crippen LogP contribution in [0, 0.1) is 0 Å². The number of nitrogens with one attached hydrogen (secondary N) is 1. The molecule has 1 aromatic carbocycles. The molecular formula is C19H24N6O5S2. The summed E-state index contributed by atoms with van der Waals surface area (Å²) < 4.78 is 36.5. The SMILES string of the molecule is CCOC(=O)c1nnsc1NC(=O)CCc1nc2cc(S(=O)(=O)N(C)C)ccc2n1CC. The van der Waals surface area contributed by atoms with Crippen molar-refractivity contribution in [2.45, 2.75) is 38.1 Å². The third-order valence-corrected chi connectivity index (χ3v) is 7.13. The minimum absolute atomic E-state index is 0.0272. The molecule has 172 valence electrons. The second-order valence-electron chi connectivity index (χ2n) is 6.93. The zero-order valence-corrected chi connectivity index (χ0v) is 19.8. The largest absolute Gasteiger partial charge is 0.461 e. The van der Waals surface area contributed by atoms with Crippen molar-refractivity contribution in [1.82, 2.24) is 23.4 Å². The van der Waals surface area contributed by atoms with Crippen LogP contribution in [0.4, 0.5) is 5.00 Å². The molecule has 3 aromatic rings. The standard InChI is InChI=1S/C19H24N6O5S2/c1-5-25-14-8-7-12(32(28,29)24(3)4)11-13(14)20-15(25)9-10-16(26)21-18-17(22-23-31-18)19(27)30-6-2/h7-8,11H,5-6,9-10H2,1-4H3,(H,21,26). The van der Waals surface area contributed by atoms with Crippen LogP contribution >= 0.6 is 11.5 Å². The number of fused-ring (bicyclic) bond motifs is 1. The van der Waals surface area contributed by atoms with Crippen molar-refractivity contribution in [3.8, 4) is 0 Å². The first kappa shape index (κ1) is 23.8. The predicted octanol–water partition coefficient (Wildman–Crippen LogP) is 1.91. The topological polar surface area (TPSA) is 136 Å². The Morgan fingerprint density at radius 1 is 1.25 bits per heavy atom. The number of sulfonamides is 1. The van der Waals surface area contributed by atoms with E-state index in [1.165, 1.54) is 20.2 Å². The molecule has 11 nitrogen and oxygen atoms in total. The fourth-order valence-corrected chi connectivity index (χ4v) is 4.59. The van der Waals surface area contributed by atoms with E-state index in [2.05, 4.69) is 19.9 Å². The second-order valence-corrected chi connectivity index (χ2v) is 9.84. The minimum Gasteiger partial charge on any atom is -0.461 e. The highest BCUT2D eigenvalue weighted by Crippen LogP contribution is 2.23. The predicted molar refractivity (Wildman–Crippen MR) is 119 cm³/mol. The van der Waals surface area contributed by atoms with Crippen molar-refractivity contribution in [3.05, 3.63) is 29.7 Å². The molecule has 0 unspecified atom stereocenters. The van der Waals surface area contributed by atoms with Crippen LogP contribution < -0.4 is 5.32 Å². The third kappa shape index (κ3) is 4.79. The van der Waals surface area contributed by atoms with Crippen molar-refractivity contribution < 1.29 is 22.7 Å². The maximum Gasteiger partial charge on any atom is 0.362 e. The molecule has 0 aliphatic rings. The number of amides is 1. The summed E-state index contributed by atoms with van der Waals surface area (Å²) in [5.74, 6) is -0.315. The van der Waals surface area contributed by atoms with Crippen molar-refractivity contribution >= 4 is 49.5 Å². The molecule has 0 atom stereocenters. The molecule has 1 N–H and O–H groups in total. The number of rotatable bonds is 9. The van der Waals surface area contributed by atoms with Gasteiger partial charge in [-0.25, -0.2) is 22.5 Å². The number of ether oxygens (including phenoxy) is 1. The minimum atomic E-state index is -3.58. The summed E-state index contributed by atoms with van der Waals surface area (Å²) in [4.78, 5) is 29.1. The molecule has 0 saturated heterocycles. The summed E-state index contributed by atoms with van der Waals surface area (Å²) >= 11 is 0.896. The molecule has 13 heteroatoms. The van der Waals surface area contributed by atoms with E-state index in [1.807, 2.05) is 11.5 Å². The Balaban J connectivity index is 1.77. The van der Waals surface area contributed by atoms with Gasteiger partial charge in [0.1, 0.15) is 5.82 Å². The maximum atomic E-state index is 12.5. The summed E-state index contributed by atoms with van der Waals surface area (Å²) in [6, 6.07) is 4.81. The van der Waals surface area contributed by atoms with Gasteiger partial charge in [-0.1, -0.05) is 4.49 Å². The number of benzene rings is 1. The van der Waals surface area contributed by atoms with E-state index in [0.29, 0.717) is 24.3 Å². The molecule has 0 fully saturated rings. The lowest BCUT2D eigenvalue weighted by Crippen LogP contribution is -2.22. The molecule has 0 saturated carbocycles. The van der Waals surface area contributed by atoms with Gasteiger partial charge in [0.15, 0.2) is 5.00 Å². The number of carbonyl (C=O) groups excluding carboxylic acids is 2. The number of hydrogen-bond acceptors (Lipinski definition) is 9. The van der Waals surface area contributed by atoms with E-state index in [1.54, 1.807) is 19.1 Å². The van der Waals surface area contributed by atoms with Crippen molar-refractivity contribution in [1.29, 1.82) is 0 Å². The first-order valence-electron chi connectivity index (χ1n) is 9.90. The number of aromatic nitrogens is 4. The highest BCUT2D eigenvalue weighted by molar-refractivity contribution is 7.89. The van der Waals surface area contributed by atoms with Gasteiger partial charge in [0.25, 0.3) is 0 Å². The summed E-state index contributed by atoms with van der Waals surface area (Å²) in [7, 11) is -0.632. The van der Waals surface area contributed by atoms with E-state index in [4.69, 9.17) is 4.74 Å². The van der Waals surface area contributed by atoms with Crippen LogP contribution in [0.25, 0.3) is 11.0 Å². The smallest absolute Gasteiger partial charge is 0.362 e. The van der Waals surface area contributed by atoms with Crippen LogP contribution in [0.1, 0.15) is 36.6 Å². The van der Waals surface area contributed by atoms with Crippen LogP contribution in [0.5, 0.6) is 0 Å². The van der Waals surface area contributed by atoms with Gasteiger partial charge in [-0.15, -0.1) is 5.10 Å². The quantitative estimate of drug-likeness (QED) is 0.459. The lowest BCUT2D eigenvalue weighted by atomic mass is 10.2.